The Hall–Kier alpha value is -0.890. The van der Waals surface area contributed by atoms with Gasteiger partial charge in [0, 0.05) is 21.9 Å². The van der Waals surface area contributed by atoms with Crippen molar-refractivity contribution in [3.63, 3.8) is 0 Å². The molecule has 0 aliphatic heterocycles. The van der Waals surface area contributed by atoms with E-state index in [2.05, 4.69) is 15.9 Å². The molecule has 0 bridgehead atoms. The van der Waals surface area contributed by atoms with Gasteiger partial charge in [-0.15, -0.1) is 11.3 Å². The number of anilines is 1. The van der Waals surface area contributed by atoms with Crippen LogP contribution in [0.25, 0.3) is 0 Å². The second-order valence-electron chi connectivity index (χ2n) is 5.04. The van der Waals surface area contributed by atoms with Gasteiger partial charge in [0.05, 0.1) is 5.69 Å². The van der Waals surface area contributed by atoms with Gasteiger partial charge in [-0.3, -0.25) is 0 Å². The van der Waals surface area contributed by atoms with Crippen molar-refractivity contribution < 1.29 is 8.42 Å². The number of benzene rings is 1. The summed E-state index contributed by atoms with van der Waals surface area (Å²) in [6.45, 7) is 0.417. The number of halogens is 1. The molecule has 4 nitrogen and oxygen atoms in total. The highest BCUT2D eigenvalue weighted by molar-refractivity contribution is 9.10. The molecule has 0 atom stereocenters. The lowest BCUT2D eigenvalue weighted by atomic mass is 10.3. The highest BCUT2D eigenvalue weighted by Crippen LogP contribution is 2.36. The maximum absolute atomic E-state index is 12.9. The number of nitrogens with two attached hydrogens (primary N) is 1. The minimum Gasteiger partial charge on any atom is -0.398 e. The first kappa shape index (κ1) is 15.0. The maximum Gasteiger partial charge on any atom is 0.245 e. The minimum absolute atomic E-state index is 0.0974. The van der Waals surface area contributed by atoms with Crippen molar-refractivity contribution in [3.8, 4) is 0 Å². The van der Waals surface area contributed by atoms with Crippen LogP contribution in [0.2, 0.25) is 0 Å². The maximum atomic E-state index is 12.9. The zero-order valence-corrected chi connectivity index (χ0v) is 14.4. The number of rotatable bonds is 5. The molecule has 1 heterocycles. The van der Waals surface area contributed by atoms with Crippen molar-refractivity contribution >= 4 is 43.0 Å². The molecule has 1 aromatic carbocycles. The zero-order valence-electron chi connectivity index (χ0n) is 11.2. The summed E-state index contributed by atoms with van der Waals surface area (Å²) in [6.07, 6.45) is 1.84. The molecule has 0 amide bonds. The smallest absolute Gasteiger partial charge is 0.245 e. The van der Waals surface area contributed by atoms with Gasteiger partial charge in [0.1, 0.15) is 4.90 Å². The predicted octanol–water partition coefficient (Wildman–Crippen LogP) is 3.45. The molecule has 3 rings (SSSR count). The van der Waals surface area contributed by atoms with Gasteiger partial charge >= 0.3 is 0 Å². The molecule has 112 valence electrons. The summed E-state index contributed by atoms with van der Waals surface area (Å²) in [7, 11) is -3.57. The van der Waals surface area contributed by atoms with Crippen LogP contribution in [-0.2, 0) is 16.6 Å². The topological polar surface area (TPSA) is 63.4 Å². The number of hydrogen-bond donors (Lipinski definition) is 1. The Morgan fingerprint density at radius 2 is 2.10 bits per heavy atom. The summed E-state index contributed by atoms with van der Waals surface area (Å²) in [6, 6.07) is 8.90. The Balaban J connectivity index is 1.97. The van der Waals surface area contributed by atoms with Crippen LogP contribution in [0.3, 0.4) is 0 Å². The van der Waals surface area contributed by atoms with E-state index in [4.69, 9.17) is 5.73 Å². The van der Waals surface area contributed by atoms with Gasteiger partial charge in [-0.05, 0) is 42.5 Å². The highest BCUT2D eigenvalue weighted by Gasteiger charge is 2.39. The predicted molar refractivity (Wildman–Crippen MR) is 88.6 cm³/mol. The molecule has 1 fully saturated rings. The lowest BCUT2D eigenvalue weighted by molar-refractivity contribution is 0.402. The summed E-state index contributed by atoms with van der Waals surface area (Å²) < 4.78 is 28.2. The molecule has 1 aliphatic carbocycles. The molecule has 1 aliphatic rings. The van der Waals surface area contributed by atoms with Gasteiger partial charge < -0.3 is 5.73 Å². The molecule has 2 N–H and O–H groups in total. The SMILES string of the molecule is Nc1cc(Br)ccc1S(=O)(=O)N(Cc1cccs1)C1CC1. The van der Waals surface area contributed by atoms with E-state index in [1.807, 2.05) is 17.5 Å². The van der Waals surface area contributed by atoms with Crippen molar-refractivity contribution in [1.82, 2.24) is 4.31 Å². The van der Waals surface area contributed by atoms with Gasteiger partial charge in [0.25, 0.3) is 0 Å². The summed E-state index contributed by atoms with van der Waals surface area (Å²) in [5, 5.41) is 1.96. The molecule has 0 unspecified atom stereocenters. The van der Waals surface area contributed by atoms with E-state index >= 15 is 0 Å². The van der Waals surface area contributed by atoms with Gasteiger partial charge in [0.2, 0.25) is 10.0 Å². The molecule has 0 radical (unpaired) electrons. The monoisotopic (exact) mass is 386 g/mol. The normalized spacial score (nSPS) is 15.5. The third kappa shape index (κ3) is 3.15. The van der Waals surface area contributed by atoms with Crippen molar-refractivity contribution in [2.45, 2.75) is 30.3 Å². The first-order valence-corrected chi connectivity index (χ1v) is 9.69. The van der Waals surface area contributed by atoms with Crippen molar-refractivity contribution in [2.24, 2.45) is 0 Å². The second-order valence-corrected chi connectivity index (χ2v) is 8.85. The fourth-order valence-corrected chi connectivity index (χ4v) is 5.13. The molecular formula is C14H15BrN2O2S2. The van der Waals surface area contributed by atoms with E-state index in [0.717, 1.165) is 22.2 Å². The van der Waals surface area contributed by atoms with Crippen LogP contribution in [0, 0.1) is 0 Å². The van der Waals surface area contributed by atoms with Crippen molar-refractivity contribution in [2.75, 3.05) is 5.73 Å². The molecule has 7 heteroatoms. The van der Waals surface area contributed by atoms with Gasteiger partial charge in [-0.2, -0.15) is 4.31 Å². The number of nitrogen functional groups attached to an aromatic ring is 1. The molecule has 2 aromatic rings. The Labute approximate surface area is 136 Å². The summed E-state index contributed by atoms with van der Waals surface area (Å²) in [4.78, 5) is 1.23. The van der Waals surface area contributed by atoms with Gasteiger partial charge in [-0.25, -0.2) is 8.42 Å². The highest BCUT2D eigenvalue weighted by atomic mass is 79.9. The fourth-order valence-electron chi connectivity index (χ4n) is 2.21. The average molecular weight is 387 g/mol. The van der Waals surface area contributed by atoms with Crippen molar-refractivity contribution in [3.05, 3.63) is 45.1 Å². The average Bonchev–Trinajstić information content (AvgIpc) is 3.11. The first-order valence-electron chi connectivity index (χ1n) is 6.58. The number of nitrogens with zero attached hydrogens (tertiary/aromatic N) is 1. The quantitative estimate of drug-likeness (QED) is 0.800. The second kappa shape index (κ2) is 5.72. The largest absolute Gasteiger partial charge is 0.398 e. The van der Waals surface area contributed by atoms with E-state index < -0.39 is 10.0 Å². The van der Waals surface area contributed by atoms with Crippen LogP contribution in [-0.4, -0.2) is 18.8 Å². The van der Waals surface area contributed by atoms with E-state index in [1.165, 1.54) is 0 Å². The zero-order chi connectivity index (χ0) is 15.0. The molecule has 0 saturated heterocycles. The summed E-state index contributed by atoms with van der Waals surface area (Å²) >= 11 is 4.87. The van der Waals surface area contributed by atoms with Crippen LogP contribution in [0.5, 0.6) is 0 Å². The van der Waals surface area contributed by atoms with Crippen LogP contribution in [0.15, 0.2) is 45.1 Å². The number of thiophene rings is 1. The molecular weight excluding hydrogens is 372 g/mol. The molecule has 21 heavy (non-hydrogen) atoms. The third-order valence-corrected chi connectivity index (χ3v) is 6.73. The van der Waals surface area contributed by atoms with E-state index in [1.54, 1.807) is 33.8 Å². The number of hydrogen-bond acceptors (Lipinski definition) is 4. The molecule has 1 saturated carbocycles. The molecule has 0 spiro atoms. The Bertz CT molecular complexity index is 740. The standard InChI is InChI=1S/C14H15BrN2O2S2/c15-10-3-6-14(13(16)8-10)21(18,19)17(11-4-5-11)9-12-2-1-7-20-12/h1-3,6-8,11H,4-5,9,16H2. The lowest BCUT2D eigenvalue weighted by Gasteiger charge is -2.22. The molecule has 1 aromatic heterocycles. The van der Waals surface area contributed by atoms with E-state index in [0.29, 0.717) is 6.54 Å². The minimum atomic E-state index is -3.57. The fraction of sp³-hybridized carbons (Fsp3) is 0.286. The van der Waals surface area contributed by atoms with Crippen LogP contribution >= 0.6 is 27.3 Å². The summed E-state index contributed by atoms with van der Waals surface area (Å²) in [5.74, 6) is 0. The van der Waals surface area contributed by atoms with Crippen molar-refractivity contribution in [1.29, 1.82) is 0 Å². The van der Waals surface area contributed by atoms with Gasteiger partial charge in [0.15, 0.2) is 0 Å². The van der Waals surface area contributed by atoms with Crippen LogP contribution in [0.4, 0.5) is 5.69 Å². The first-order chi connectivity index (χ1) is 9.98. The van der Waals surface area contributed by atoms with E-state index in [-0.39, 0.29) is 16.6 Å². The Morgan fingerprint density at radius 1 is 1.33 bits per heavy atom. The van der Waals surface area contributed by atoms with Crippen LogP contribution < -0.4 is 5.73 Å². The van der Waals surface area contributed by atoms with E-state index in [9.17, 15) is 8.42 Å². The number of sulfonamides is 1. The van der Waals surface area contributed by atoms with Crippen LogP contribution in [0.1, 0.15) is 17.7 Å². The van der Waals surface area contributed by atoms with Gasteiger partial charge in [-0.1, -0.05) is 22.0 Å². The summed E-state index contributed by atoms with van der Waals surface area (Å²) in [5.41, 5.74) is 6.18. The lowest BCUT2D eigenvalue weighted by Crippen LogP contribution is -2.32. The third-order valence-electron chi connectivity index (χ3n) is 3.40. The Kier molecular flexibility index (Phi) is 4.09. The Morgan fingerprint density at radius 3 is 2.67 bits per heavy atom.